The van der Waals surface area contributed by atoms with Crippen LogP contribution in [0.15, 0.2) is 54.7 Å². The van der Waals surface area contributed by atoms with Crippen molar-refractivity contribution in [3.63, 3.8) is 0 Å². The van der Waals surface area contributed by atoms with Gasteiger partial charge in [-0.1, -0.05) is 41.7 Å². The lowest BCUT2D eigenvalue weighted by atomic mass is 10.2. The van der Waals surface area contributed by atoms with Crippen LogP contribution in [0, 0.1) is 0 Å². The lowest BCUT2D eigenvalue weighted by Gasteiger charge is -2.14. The molecule has 1 saturated heterocycles. The molecule has 0 saturated carbocycles. The summed E-state index contributed by atoms with van der Waals surface area (Å²) in [6.07, 6.45) is 4.30. The topological polar surface area (TPSA) is 37.6 Å². The Morgan fingerprint density at radius 2 is 1.84 bits per heavy atom. The molecule has 4 nitrogen and oxygen atoms in total. The van der Waals surface area contributed by atoms with Crippen LogP contribution in [0.1, 0.15) is 23.2 Å². The summed E-state index contributed by atoms with van der Waals surface area (Å²) in [5.41, 5.74) is 3.98. The highest BCUT2D eigenvalue weighted by Crippen LogP contribution is 2.30. The van der Waals surface area contributed by atoms with E-state index in [0.29, 0.717) is 0 Å². The van der Waals surface area contributed by atoms with Gasteiger partial charge in [-0.05, 0) is 31.0 Å². The molecule has 0 spiro atoms. The standard InChI is InChI=1S/C20H17N3OS/c24-19(22-10-4-5-11-22)15-8-9-17-18(12-15)25-20-21-16(13-23(17)20)14-6-2-1-3-7-14/h1-3,6-9,12-13H,4-5,10-11H2. The van der Waals surface area contributed by atoms with Crippen LogP contribution < -0.4 is 0 Å². The molecule has 2 aromatic carbocycles. The third kappa shape index (κ3) is 2.43. The first-order valence-corrected chi connectivity index (χ1v) is 9.37. The molecule has 3 heterocycles. The van der Waals surface area contributed by atoms with Crippen LogP contribution >= 0.6 is 11.3 Å². The Kier molecular flexibility index (Phi) is 3.35. The fourth-order valence-electron chi connectivity index (χ4n) is 3.48. The van der Waals surface area contributed by atoms with Crippen molar-refractivity contribution in [2.24, 2.45) is 0 Å². The number of hydrogen-bond acceptors (Lipinski definition) is 3. The van der Waals surface area contributed by atoms with E-state index in [9.17, 15) is 4.79 Å². The summed E-state index contributed by atoms with van der Waals surface area (Å²) < 4.78 is 3.22. The molecule has 25 heavy (non-hydrogen) atoms. The molecule has 4 aromatic rings. The lowest BCUT2D eigenvalue weighted by molar-refractivity contribution is 0.0793. The second-order valence-electron chi connectivity index (χ2n) is 6.43. The smallest absolute Gasteiger partial charge is 0.253 e. The van der Waals surface area contributed by atoms with Crippen molar-refractivity contribution in [1.29, 1.82) is 0 Å². The number of hydrogen-bond donors (Lipinski definition) is 0. The molecule has 0 N–H and O–H groups in total. The van der Waals surface area contributed by atoms with Gasteiger partial charge in [-0.15, -0.1) is 0 Å². The molecule has 124 valence electrons. The van der Waals surface area contributed by atoms with E-state index in [1.54, 1.807) is 11.3 Å². The summed E-state index contributed by atoms with van der Waals surface area (Å²) in [5, 5.41) is 0. The number of amides is 1. The summed E-state index contributed by atoms with van der Waals surface area (Å²) >= 11 is 1.63. The molecule has 0 atom stereocenters. The second kappa shape index (κ2) is 5.70. The van der Waals surface area contributed by atoms with Gasteiger partial charge in [-0.2, -0.15) is 0 Å². The normalized spacial score (nSPS) is 14.6. The van der Waals surface area contributed by atoms with Crippen molar-refractivity contribution in [1.82, 2.24) is 14.3 Å². The third-order valence-electron chi connectivity index (χ3n) is 4.80. The van der Waals surface area contributed by atoms with Gasteiger partial charge in [0.05, 0.1) is 15.9 Å². The van der Waals surface area contributed by atoms with Gasteiger partial charge in [-0.3, -0.25) is 9.20 Å². The maximum absolute atomic E-state index is 12.6. The number of aromatic nitrogens is 2. The molecular formula is C20H17N3OS. The first kappa shape index (κ1) is 14.7. The van der Waals surface area contributed by atoms with Crippen molar-refractivity contribution in [3.05, 3.63) is 60.3 Å². The van der Waals surface area contributed by atoms with Crippen LogP contribution in [-0.2, 0) is 0 Å². The van der Waals surface area contributed by atoms with Gasteiger partial charge < -0.3 is 4.90 Å². The maximum atomic E-state index is 12.6. The summed E-state index contributed by atoms with van der Waals surface area (Å²) in [5.74, 6) is 0.149. The summed E-state index contributed by atoms with van der Waals surface area (Å²) in [4.78, 5) is 20.3. The summed E-state index contributed by atoms with van der Waals surface area (Å²) in [7, 11) is 0. The Morgan fingerprint density at radius 3 is 2.64 bits per heavy atom. The molecule has 0 aliphatic carbocycles. The average molecular weight is 347 g/mol. The van der Waals surface area contributed by atoms with Gasteiger partial charge in [0.15, 0.2) is 4.96 Å². The Balaban J connectivity index is 1.56. The van der Waals surface area contributed by atoms with E-state index in [0.717, 1.165) is 57.9 Å². The van der Waals surface area contributed by atoms with Crippen molar-refractivity contribution in [3.8, 4) is 11.3 Å². The monoisotopic (exact) mass is 347 g/mol. The molecule has 5 heteroatoms. The van der Waals surface area contributed by atoms with Crippen LogP contribution in [0.3, 0.4) is 0 Å². The van der Waals surface area contributed by atoms with Gasteiger partial charge >= 0.3 is 0 Å². The van der Waals surface area contributed by atoms with Crippen LogP contribution in [0.4, 0.5) is 0 Å². The Bertz CT molecular complexity index is 1070. The average Bonchev–Trinajstić information content (AvgIpc) is 3.37. The molecular weight excluding hydrogens is 330 g/mol. The second-order valence-corrected chi connectivity index (χ2v) is 7.44. The number of rotatable bonds is 2. The summed E-state index contributed by atoms with van der Waals surface area (Å²) in [6.45, 7) is 1.76. The van der Waals surface area contributed by atoms with Crippen molar-refractivity contribution < 1.29 is 4.79 Å². The molecule has 1 fully saturated rings. The molecule has 5 rings (SSSR count). The Morgan fingerprint density at radius 1 is 1.04 bits per heavy atom. The zero-order valence-corrected chi connectivity index (χ0v) is 14.5. The van der Waals surface area contributed by atoms with Crippen LogP contribution in [0.2, 0.25) is 0 Å². The van der Waals surface area contributed by atoms with E-state index in [1.807, 2.05) is 41.3 Å². The quantitative estimate of drug-likeness (QED) is 0.537. The molecule has 0 unspecified atom stereocenters. The van der Waals surface area contributed by atoms with Gasteiger partial charge in [0, 0.05) is 30.4 Å². The molecule has 2 aromatic heterocycles. The fraction of sp³-hybridized carbons (Fsp3) is 0.200. The zero-order valence-electron chi connectivity index (χ0n) is 13.7. The number of carbonyl (C=O) groups excluding carboxylic acids is 1. The Labute approximate surface area is 149 Å². The van der Waals surface area contributed by atoms with E-state index >= 15 is 0 Å². The van der Waals surface area contributed by atoms with E-state index in [-0.39, 0.29) is 5.91 Å². The fourth-order valence-corrected chi connectivity index (χ4v) is 4.53. The minimum absolute atomic E-state index is 0.149. The highest BCUT2D eigenvalue weighted by Gasteiger charge is 2.20. The van der Waals surface area contributed by atoms with E-state index in [4.69, 9.17) is 4.98 Å². The van der Waals surface area contributed by atoms with E-state index in [1.165, 1.54) is 0 Å². The third-order valence-corrected chi connectivity index (χ3v) is 5.82. The minimum atomic E-state index is 0.149. The Hall–Kier alpha value is -2.66. The number of benzene rings is 2. The SMILES string of the molecule is O=C(c1ccc2c(c1)sc1nc(-c3ccccc3)cn12)N1CCCC1. The highest BCUT2D eigenvalue weighted by molar-refractivity contribution is 7.23. The van der Waals surface area contributed by atoms with Gasteiger partial charge in [0.25, 0.3) is 5.91 Å². The van der Waals surface area contributed by atoms with Crippen LogP contribution in [0.5, 0.6) is 0 Å². The van der Waals surface area contributed by atoms with Crippen molar-refractivity contribution in [2.75, 3.05) is 13.1 Å². The molecule has 1 amide bonds. The molecule has 1 aliphatic rings. The number of likely N-dealkylation sites (tertiary alicyclic amines) is 1. The van der Waals surface area contributed by atoms with Gasteiger partial charge in [-0.25, -0.2) is 4.98 Å². The van der Waals surface area contributed by atoms with Gasteiger partial charge in [0.1, 0.15) is 0 Å². The number of carbonyl (C=O) groups is 1. The number of imidazole rings is 1. The number of thiazole rings is 1. The largest absolute Gasteiger partial charge is 0.339 e. The molecule has 0 bridgehead atoms. The maximum Gasteiger partial charge on any atom is 0.253 e. The van der Waals surface area contributed by atoms with Crippen molar-refractivity contribution in [2.45, 2.75) is 12.8 Å². The molecule has 0 radical (unpaired) electrons. The predicted molar refractivity (Wildman–Crippen MR) is 101 cm³/mol. The lowest BCUT2D eigenvalue weighted by Crippen LogP contribution is -2.27. The van der Waals surface area contributed by atoms with Crippen LogP contribution in [-0.4, -0.2) is 33.3 Å². The zero-order chi connectivity index (χ0) is 16.8. The minimum Gasteiger partial charge on any atom is -0.339 e. The predicted octanol–water partition coefficient (Wildman–Crippen LogP) is 4.45. The number of nitrogens with zero attached hydrogens (tertiary/aromatic N) is 3. The van der Waals surface area contributed by atoms with E-state index in [2.05, 4.69) is 22.7 Å². The highest BCUT2D eigenvalue weighted by atomic mass is 32.1. The van der Waals surface area contributed by atoms with E-state index < -0.39 is 0 Å². The molecule has 1 aliphatic heterocycles. The van der Waals surface area contributed by atoms with Crippen molar-refractivity contribution >= 4 is 32.4 Å². The number of fused-ring (bicyclic) bond motifs is 3. The first-order chi connectivity index (χ1) is 12.3. The van der Waals surface area contributed by atoms with Gasteiger partial charge in [0.2, 0.25) is 0 Å². The van der Waals surface area contributed by atoms with Crippen LogP contribution in [0.25, 0.3) is 26.4 Å². The summed E-state index contributed by atoms with van der Waals surface area (Å²) in [6, 6.07) is 16.2. The first-order valence-electron chi connectivity index (χ1n) is 8.56.